The van der Waals surface area contributed by atoms with E-state index in [4.69, 9.17) is 9.47 Å². The first kappa shape index (κ1) is 22.1. The van der Waals surface area contributed by atoms with Crippen molar-refractivity contribution in [2.75, 3.05) is 51.8 Å². The van der Waals surface area contributed by atoms with Crippen LogP contribution in [0.4, 0.5) is 5.69 Å². The fourth-order valence-corrected chi connectivity index (χ4v) is 4.72. The zero-order chi connectivity index (χ0) is 21.4. The quantitative estimate of drug-likeness (QED) is 0.587. The molecule has 2 aromatic carbocycles. The molecule has 1 amide bonds. The second-order valence-corrected chi connectivity index (χ2v) is 8.69. The van der Waals surface area contributed by atoms with Crippen LogP contribution in [0.2, 0.25) is 0 Å². The maximum absolute atomic E-state index is 13.0. The van der Waals surface area contributed by atoms with Crippen LogP contribution in [0.5, 0.6) is 5.75 Å². The molecule has 0 aliphatic carbocycles. The average Bonchev–Trinajstić information content (AvgIpc) is 2.79. The minimum Gasteiger partial charge on any atom is -0.495 e. The number of rotatable bonds is 9. The van der Waals surface area contributed by atoms with E-state index < -0.39 is 10.0 Å². The van der Waals surface area contributed by atoms with E-state index in [0.717, 1.165) is 12.1 Å². The molecule has 2 N–H and O–H groups in total. The van der Waals surface area contributed by atoms with E-state index in [0.29, 0.717) is 26.3 Å². The Morgan fingerprint density at radius 3 is 2.53 bits per heavy atom. The first-order valence-corrected chi connectivity index (χ1v) is 11.3. The predicted molar refractivity (Wildman–Crippen MR) is 114 cm³/mol. The molecule has 1 aliphatic heterocycles. The van der Waals surface area contributed by atoms with Gasteiger partial charge in [0.1, 0.15) is 10.6 Å². The van der Waals surface area contributed by atoms with Gasteiger partial charge in [-0.15, -0.1) is 0 Å². The van der Waals surface area contributed by atoms with Crippen molar-refractivity contribution < 1.29 is 22.7 Å². The van der Waals surface area contributed by atoms with E-state index in [1.54, 1.807) is 6.07 Å². The molecule has 1 fully saturated rings. The molecule has 1 heterocycles. The van der Waals surface area contributed by atoms with Crippen molar-refractivity contribution >= 4 is 21.6 Å². The zero-order valence-corrected chi connectivity index (χ0v) is 17.8. The number of para-hydroxylation sites is 1. The topological polar surface area (TPSA) is 97.0 Å². The van der Waals surface area contributed by atoms with Crippen molar-refractivity contribution in [1.82, 2.24) is 9.62 Å². The van der Waals surface area contributed by atoms with Crippen molar-refractivity contribution in [3.63, 3.8) is 0 Å². The molecule has 2 aromatic rings. The van der Waals surface area contributed by atoms with E-state index in [9.17, 15) is 13.2 Å². The predicted octanol–water partition coefficient (Wildman–Crippen LogP) is 1.95. The third-order valence-electron chi connectivity index (χ3n) is 4.76. The number of hydrogen-bond acceptors (Lipinski definition) is 6. The van der Waals surface area contributed by atoms with Crippen LogP contribution in [0.1, 0.15) is 16.8 Å². The van der Waals surface area contributed by atoms with Gasteiger partial charge in [-0.2, -0.15) is 4.31 Å². The summed E-state index contributed by atoms with van der Waals surface area (Å²) in [5, 5.41) is 6.11. The van der Waals surface area contributed by atoms with Gasteiger partial charge in [0.2, 0.25) is 10.0 Å². The van der Waals surface area contributed by atoms with Crippen molar-refractivity contribution in [3.05, 3.63) is 54.1 Å². The average molecular weight is 434 g/mol. The molecule has 3 rings (SSSR count). The highest BCUT2D eigenvalue weighted by molar-refractivity contribution is 7.89. The normalized spacial score (nSPS) is 14.8. The Morgan fingerprint density at radius 1 is 1.10 bits per heavy atom. The molecule has 1 saturated heterocycles. The Kier molecular flexibility index (Phi) is 7.67. The van der Waals surface area contributed by atoms with Crippen molar-refractivity contribution in [2.45, 2.75) is 11.3 Å². The van der Waals surface area contributed by atoms with E-state index in [1.165, 1.54) is 23.5 Å². The fraction of sp³-hybridized carbons (Fsp3) is 0.381. The van der Waals surface area contributed by atoms with Crippen LogP contribution in [-0.4, -0.2) is 65.1 Å². The van der Waals surface area contributed by atoms with E-state index in [1.807, 2.05) is 30.3 Å². The fourth-order valence-electron chi connectivity index (χ4n) is 3.13. The summed E-state index contributed by atoms with van der Waals surface area (Å²) < 4.78 is 37.9. The Balaban J connectivity index is 1.61. The van der Waals surface area contributed by atoms with Gasteiger partial charge in [-0.1, -0.05) is 18.2 Å². The van der Waals surface area contributed by atoms with Crippen molar-refractivity contribution in [1.29, 1.82) is 0 Å². The number of sulfonamides is 1. The lowest BCUT2D eigenvalue weighted by Gasteiger charge is -2.26. The van der Waals surface area contributed by atoms with Gasteiger partial charge in [0.05, 0.1) is 20.3 Å². The number of anilines is 1. The SMILES string of the molecule is COc1ccc(C(=O)NCCCNc2ccccc2)cc1S(=O)(=O)N1CCOCC1. The number of carbonyl (C=O) groups excluding carboxylic acids is 1. The number of hydrogen-bond donors (Lipinski definition) is 2. The number of benzene rings is 2. The second-order valence-electron chi connectivity index (χ2n) is 6.78. The summed E-state index contributed by atoms with van der Waals surface area (Å²) in [4.78, 5) is 12.5. The molecule has 1 aliphatic rings. The van der Waals surface area contributed by atoms with Crippen LogP contribution in [0.3, 0.4) is 0 Å². The molecule has 0 saturated carbocycles. The molecule has 0 unspecified atom stereocenters. The van der Waals surface area contributed by atoms with Gasteiger partial charge < -0.3 is 20.1 Å². The van der Waals surface area contributed by atoms with Gasteiger partial charge >= 0.3 is 0 Å². The van der Waals surface area contributed by atoms with Gasteiger partial charge in [-0.05, 0) is 36.8 Å². The molecule has 0 aromatic heterocycles. The minimum atomic E-state index is -3.78. The van der Waals surface area contributed by atoms with Crippen LogP contribution in [0.15, 0.2) is 53.4 Å². The number of amides is 1. The van der Waals surface area contributed by atoms with E-state index >= 15 is 0 Å². The minimum absolute atomic E-state index is 0.00899. The maximum Gasteiger partial charge on any atom is 0.251 e. The zero-order valence-electron chi connectivity index (χ0n) is 17.0. The number of morpholine rings is 1. The standard InChI is InChI=1S/C21H27N3O5S/c1-28-19-9-8-17(16-20(19)30(26,27)24-12-14-29-15-13-24)21(25)23-11-5-10-22-18-6-3-2-4-7-18/h2-4,6-9,16,22H,5,10-15H2,1H3,(H,23,25). The summed E-state index contributed by atoms with van der Waals surface area (Å²) in [6.07, 6.45) is 0.732. The van der Waals surface area contributed by atoms with Crippen LogP contribution >= 0.6 is 0 Å². The third-order valence-corrected chi connectivity index (χ3v) is 6.68. The first-order valence-electron chi connectivity index (χ1n) is 9.85. The molecule has 0 bridgehead atoms. The summed E-state index contributed by atoms with van der Waals surface area (Å²) >= 11 is 0. The molecule has 0 atom stereocenters. The first-order chi connectivity index (χ1) is 14.5. The Bertz CT molecular complexity index is 944. The highest BCUT2D eigenvalue weighted by Gasteiger charge is 2.30. The largest absolute Gasteiger partial charge is 0.495 e. The summed E-state index contributed by atoms with van der Waals surface area (Å²) in [5.41, 5.74) is 1.30. The molecule has 30 heavy (non-hydrogen) atoms. The van der Waals surface area contributed by atoms with Gasteiger partial charge in [-0.25, -0.2) is 8.42 Å². The maximum atomic E-state index is 13.0. The van der Waals surface area contributed by atoms with Crippen LogP contribution in [0, 0.1) is 0 Å². The van der Waals surface area contributed by atoms with Gasteiger partial charge in [-0.3, -0.25) is 4.79 Å². The lowest BCUT2D eigenvalue weighted by molar-refractivity contribution is 0.0729. The van der Waals surface area contributed by atoms with E-state index in [2.05, 4.69) is 10.6 Å². The number of carbonyl (C=O) groups is 1. The second kappa shape index (κ2) is 10.4. The monoisotopic (exact) mass is 433 g/mol. The molecular formula is C21H27N3O5S. The van der Waals surface area contributed by atoms with Crippen molar-refractivity contribution in [2.24, 2.45) is 0 Å². The Morgan fingerprint density at radius 2 is 1.83 bits per heavy atom. The number of nitrogens with zero attached hydrogens (tertiary/aromatic N) is 1. The molecule has 8 nitrogen and oxygen atoms in total. The summed E-state index contributed by atoms with van der Waals surface area (Å²) in [6, 6.07) is 14.3. The van der Waals surface area contributed by atoms with Gasteiger partial charge in [0.25, 0.3) is 5.91 Å². The summed E-state index contributed by atoms with van der Waals surface area (Å²) in [7, 11) is -2.37. The highest BCUT2D eigenvalue weighted by Crippen LogP contribution is 2.28. The Labute approximate surface area is 177 Å². The molecule has 0 radical (unpaired) electrons. The lowest BCUT2D eigenvalue weighted by atomic mass is 10.2. The number of nitrogens with one attached hydrogen (secondary N) is 2. The smallest absolute Gasteiger partial charge is 0.251 e. The molecule has 0 spiro atoms. The van der Waals surface area contributed by atoms with Crippen molar-refractivity contribution in [3.8, 4) is 5.75 Å². The van der Waals surface area contributed by atoms with Gasteiger partial charge in [0, 0.05) is 37.4 Å². The van der Waals surface area contributed by atoms with Crippen LogP contribution < -0.4 is 15.4 Å². The third kappa shape index (κ3) is 5.50. The van der Waals surface area contributed by atoms with E-state index in [-0.39, 0.29) is 35.2 Å². The Hall–Kier alpha value is -2.62. The molecular weight excluding hydrogens is 406 g/mol. The highest BCUT2D eigenvalue weighted by atomic mass is 32.2. The number of ether oxygens (including phenoxy) is 2. The van der Waals surface area contributed by atoms with Crippen LogP contribution in [-0.2, 0) is 14.8 Å². The summed E-state index contributed by atoms with van der Waals surface area (Å²) in [6.45, 7) is 2.42. The molecule has 9 heteroatoms. The lowest BCUT2D eigenvalue weighted by Crippen LogP contribution is -2.40. The summed E-state index contributed by atoms with van der Waals surface area (Å²) in [5.74, 6) is -0.110. The van der Waals surface area contributed by atoms with Gasteiger partial charge in [0.15, 0.2) is 0 Å². The number of methoxy groups -OCH3 is 1. The molecule has 162 valence electrons. The van der Waals surface area contributed by atoms with Crippen LogP contribution in [0.25, 0.3) is 0 Å².